The number of hydrogen-bond donors (Lipinski definition) is 0. The van der Waals surface area contributed by atoms with Crippen molar-refractivity contribution in [2.75, 3.05) is 4.90 Å². The van der Waals surface area contributed by atoms with Crippen molar-refractivity contribution < 1.29 is 9.21 Å². The van der Waals surface area contributed by atoms with Gasteiger partial charge in [-0.15, -0.1) is 10.2 Å². The number of carbonyl (C=O) groups excluding carboxylic acids is 1. The van der Waals surface area contributed by atoms with E-state index in [-0.39, 0.29) is 11.2 Å². The molecule has 2 aromatic heterocycles. The normalized spacial score (nSPS) is 15.8. The standard InChI is InChI=1S/C22H16ClN3O3S/c1-3-12-7-8-16-15(9-12)19(27)17-18(13-5-4-6-14(23)10-13)26(21(28)20(17)29-16)22-25-24-11(2)30-22/h4-10,18H,3H2,1-2H3. The Morgan fingerprint density at radius 1 is 1.17 bits per heavy atom. The topological polar surface area (TPSA) is 76.3 Å². The van der Waals surface area contributed by atoms with Crippen molar-refractivity contribution in [1.29, 1.82) is 0 Å². The molecular weight excluding hydrogens is 422 g/mol. The lowest BCUT2D eigenvalue weighted by Gasteiger charge is -2.22. The predicted octanol–water partition coefficient (Wildman–Crippen LogP) is 4.92. The zero-order valence-electron chi connectivity index (χ0n) is 16.2. The van der Waals surface area contributed by atoms with E-state index in [0.717, 1.165) is 17.0 Å². The lowest BCUT2D eigenvalue weighted by molar-refractivity contribution is 0.0970. The summed E-state index contributed by atoms with van der Waals surface area (Å²) in [5.41, 5.74) is 2.21. The molecule has 0 N–H and O–H groups in total. The van der Waals surface area contributed by atoms with Crippen LogP contribution in [0, 0.1) is 6.92 Å². The SMILES string of the molecule is CCc1ccc2oc3c(c(=O)c2c1)C(c1cccc(Cl)c1)N(c1nnc(C)s1)C3=O. The van der Waals surface area contributed by atoms with Crippen LogP contribution in [0.25, 0.3) is 11.0 Å². The first kappa shape index (κ1) is 19.0. The Kier molecular flexibility index (Phi) is 4.45. The number of carbonyl (C=O) groups is 1. The average molecular weight is 438 g/mol. The fourth-order valence-corrected chi connectivity index (χ4v) is 4.73. The van der Waals surface area contributed by atoms with E-state index in [1.165, 1.54) is 16.2 Å². The molecule has 0 radical (unpaired) electrons. The van der Waals surface area contributed by atoms with Crippen LogP contribution in [0.4, 0.5) is 5.13 Å². The van der Waals surface area contributed by atoms with E-state index in [9.17, 15) is 9.59 Å². The van der Waals surface area contributed by atoms with Crippen LogP contribution in [-0.2, 0) is 6.42 Å². The number of hydrogen-bond acceptors (Lipinski definition) is 6. The number of anilines is 1. The Morgan fingerprint density at radius 3 is 2.70 bits per heavy atom. The van der Waals surface area contributed by atoms with Crippen LogP contribution in [0.3, 0.4) is 0 Å². The number of rotatable bonds is 3. The second-order valence-corrected chi connectivity index (χ2v) is 8.69. The Hall–Kier alpha value is -3.03. The maximum Gasteiger partial charge on any atom is 0.297 e. The highest BCUT2D eigenvalue weighted by molar-refractivity contribution is 7.15. The quantitative estimate of drug-likeness (QED) is 0.454. The zero-order valence-corrected chi connectivity index (χ0v) is 17.8. The lowest BCUT2D eigenvalue weighted by Crippen LogP contribution is -2.29. The molecule has 30 heavy (non-hydrogen) atoms. The van der Waals surface area contributed by atoms with Crippen molar-refractivity contribution in [2.45, 2.75) is 26.3 Å². The molecule has 1 amide bonds. The molecule has 1 unspecified atom stereocenters. The Labute approximate surface area is 180 Å². The predicted molar refractivity (Wildman–Crippen MR) is 117 cm³/mol. The van der Waals surface area contributed by atoms with Gasteiger partial charge in [0.1, 0.15) is 10.6 Å². The minimum Gasteiger partial charge on any atom is -0.450 e. The first-order valence-corrected chi connectivity index (χ1v) is 10.7. The molecule has 0 saturated heterocycles. The Morgan fingerprint density at radius 2 is 2.00 bits per heavy atom. The number of amides is 1. The molecule has 0 fully saturated rings. The van der Waals surface area contributed by atoms with E-state index in [0.29, 0.717) is 32.3 Å². The molecule has 8 heteroatoms. The first-order chi connectivity index (χ1) is 14.5. The van der Waals surface area contributed by atoms with E-state index in [1.807, 2.05) is 32.0 Å². The van der Waals surface area contributed by atoms with Crippen molar-refractivity contribution in [3.8, 4) is 0 Å². The number of halogens is 1. The molecule has 150 valence electrons. The van der Waals surface area contributed by atoms with Crippen LogP contribution in [0.1, 0.15) is 45.2 Å². The summed E-state index contributed by atoms with van der Waals surface area (Å²) in [5.74, 6) is -0.376. The van der Waals surface area contributed by atoms with Crippen LogP contribution in [0.5, 0.6) is 0 Å². The minimum atomic E-state index is -0.690. The minimum absolute atomic E-state index is 0.0366. The first-order valence-electron chi connectivity index (χ1n) is 9.46. The van der Waals surface area contributed by atoms with Crippen LogP contribution in [-0.4, -0.2) is 16.1 Å². The van der Waals surface area contributed by atoms with Gasteiger partial charge in [0.15, 0.2) is 5.43 Å². The molecule has 2 aromatic carbocycles. The van der Waals surface area contributed by atoms with Gasteiger partial charge in [-0.25, -0.2) is 0 Å². The summed E-state index contributed by atoms with van der Waals surface area (Å²) >= 11 is 7.51. The summed E-state index contributed by atoms with van der Waals surface area (Å²) in [6.45, 7) is 3.83. The van der Waals surface area contributed by atoms with Crippen molar-refractivity contribution in [3.63, 3.8) is 0 Å². The van der Waals surface area contributed by atoms with E-state index in [4.69, 9.17) is 16.0 Å². The highest BCUT2D eigenvalue weighted by Crippen LogP contribution is 2.42. The fraction of sp³-hybridized carbons (Fsp3) is 0.182. The third-order valence-electron chi connectivity index (χ3n) is 5.23. The fourth-order valence-electron chi connectivity index (χ4n) is 3.81. The molecule has 3 heterocycles. The monoisotopic (exact) mass is 437 g/mol. The second kappa shape index (κ2) is 7.04. The second-order valence-electron chi connectivity index (χ2n) is 7.09. The highest BCUT2D eigenvalue weighted by Gasteiger charge is 2.45. The number of fused-ring (bicyclic) bond motifs is 2. The summed E-state index contributed by atoms with van der Waals surface area (Å²) in [5, 5.41) is 10.3. The third-order valence-corrected chi connectivity index (χ3v) is 6.30. The van der Waals surface area contributed by atoms with Crippen LogP contribution < -0.4 is 10.3 Å². The maximum absolute atomic E-state index is 13.6. The Balaban J connectivity index is 1.82. The van der Waals surface area contributed by atoms with Gasteiger partial charge in [0.25, 0.3) is 5.91 Å². The third kappa shape index (κ3) is 2.85. The van der Waals surface area contributed by atoms with E-state index < -0.39 is 11.9 Å². The summed E-state index contributed by atoms with van der Waals surface area (Å²) in [6, 6.07) is 11.9. The van der Waals surface area contributed by atoms with Crippen molar-refractivity contribution in [2.24, 2.45) is 0 Å². The Bertz CT molecular complexity index is 1380. The van der Waals surface area contributed by atoms with Gasteiger partial charge in [-0.3, -0.25) is 14.5 Å². The number of nitrogens with zero attached hydrogens (tertiary/aromatic N) is 3. The number of aryl methyl sites for hydroxylation is 2. The van der Waals surface area contributed by atoms with Gasteiger partial charge >= 0.3 is 0 Å². The molecule has 0 saturated carbocycles. The molecule has 4 aromatic rings. The summed E-state index contributed by atoms with van der Waals surface area (Å²) in [7, 11) is 0. The van der Waals surface area contributed by atoms with Crippen LogP contribution >= 0.6 is 22.9 Å². The maximum atomic E-state index is 13.6. The van der Waals surface area contributed by atoms with Gasteiger partial charge < -0.3 is 4.42 Å². The van der Waals surface area contributed by atoms with Gasteiger partial charge in [0.05, 0.1) is 17.0 Å². The zero-order chi connectivity index (χ0) is 21.0. The summed E-state index contributed by atoms with van der Waals surface area (Å²) in [4.78, 5) is 28.5. The van der Waals surface area contributed by atoms with Gasteiger partial charge in [-0.05, 0) is 48.7 Å². The molecule has 6 nitrogen and oxygen atoms in total. The average Bonchev–Trinajstić information content (AvgIpc) is 3.29. The summed E-state index contributed by atoms with van der Waals surface area (Å²) in [6.07, 6.45) is 0.791. The van der Waals surface area contributed by atoms with E-state index in [1.54, 1.807) is 24.3 Å². The van der Waals surface area contributed by atoms with Crippen LogP contribution in [0.2, 0.25) is 5.02 Å². The van der Waals surface area contributed by atoms with E-state index in [2.05, 4.69) is 10.2 Å². The van der Waals surface area contributed by atoms with Gasteiger partial charge in [-0.2, -0.15) is 0 Å². The van der Waals surface area contributed by atoms with Gasteiger partial charge in [0, 0.05) is 5.02 Å². The molecule has 5 rings (SSSR count). The van der Waals surface area contributed by atoms with Crippen molar-refractivity contribution in [1.82, 2.24) is 10.2 Å². The smallest absolute Gasteiger partial charge is 0.297 e. The molecule has 0 bridgehead atoms. The lowest BCUT2D eigenvalue weighted by atomic mass is 9.98. The molecular formula is C22H16ClN3O3S. The number of aromatic nitrogens is 2. The molecule has 1 aliphatic rings. The molecule has 0 aliphatic carbocycles. The van der Waals surface area contributed by atoms with Gasteiger partial charge in [-0.1, -0.05) is 48.1 Å². The van der Waals surface area contributed by atoms with Crippen molar-refractivity contribution in [3.05, 3.63) is 85.2 Å². The number of benzene rings is 2. The highest BCUT2D eigenvalue weighted by atomic mass is 35.5. The largest absolute Gasteiger partial charge is 0.450 e. The van der Waals surface area contributed by atoms with E-state index >= 15 is 0 Å². The van der Waals surface area contributed by atoms with Gasteiger partial charge in [0.2, 0.25) is 10.9 Å². The van der Waals surface area contributed by atoms with Crippen molar-refractivity contribution >= 4 is 44.9 Å². The molecule has 1 aliphatic heterocycles. The molecule has 1 atom stereocenters. The van der Waals surface area contributed by atoms with Crippen LogP contribution in [0.15, 0.2) is 51.7 Å². The molecule has 0 spiro atoms. The summed E-state index contributed by atoms with van der Waals surface area (Å²) < 4.78 is 5.97.